The van der Waals surface area contributed by atoms with E-state index in [1.165, 1.54) is 0 Å². The van der Waals surface area contributed by atoms with Crippen LogP contribution in [0.4, 0.5) is 0 Å². The predicted octanol–water partition coefficient (Wildman–Crippen LogP) is 1.09. The predicted molar refractivity (Wildman–Crippen MR) is 57.4 cm³/mol. The molecule has 0 aliphatic rings. The Bertz CT molecular complexity index is 512. The molecule has 0 spiro atoms. The molecule has 2 aromatic rings. The van der Waals surface area contributed by atoms with Crippen LogP contribution in [-0.2, 0) is 6.54 Å². The third-order valence-corrected chi connectivity index (χ3v) is 4.62. The van der Waals surface area contributed by atoms with E-state index in [1.807, 2.05) is 28.7 Å². The van der Waals surface area contributed by atoms with Gasteiger partial charge in [-0.1, -0.05) is 0 Å². The Morgan fingerprint density at radius 3 is 2.93 bits per heavy atom. The van der Waals surface area contributed by atoms with Gasteiger partial charge in [0.25, 0.3) is 0 Å². The van der Waals surface area contributed by atoms with Crippen LogP contribution in [0.2, 0.25) is 0 Å². The van der Waals surface area contributed by atoms with Crippen LogP contribution in [0.5, 0.6) is 5.75 Å². The number of nitrogens with zero attached hydrogens (tertiary/aromatic N) is 1. The monoisotopic (exact) mass is 257 g/mol. The molecule has 0 amide bonds. The van der Waals surface area contributed by atoms with E-state index in [9.17, 15) is 4.79 Å². The Labute approximate surface area is 87.9 Å². The van der Waals surface area contributed by atoms with Crippen LogP contribution >= 0.6 is 0 Å². The summed E-state index contributed by atoms with van der Waals surface area (Å²) in [6.45, 7) is 2.77. The quantitative estimate of drug-likeness (QED) is 0.753. The number of ether oxygens (including phenoxy) is 1. The van der Waals surface area contributed by atoms with Crippen LogP contribution in [0.15, 0.2) is 23.0 Å². The van der Waals surface area contributed by atoms with E-state index in [0.717, 1.165) is 16.2 Å². The van der Waals surface area contributed by atoms with E-state index in [0.29, 0.717) is 5.75 Å². The third-order valence-electron chi connectivity index (χ3n) is 2.14. The van der Waals surface area contributed by atoms with Crippen molar-refractivity contribution in [3.8, 4) is 5.75 Å². The molecule has 0 radical (unpaired) electrons. The second-order valence-corrected chi connectivity index (χ2v) is 5.16. The van der Waals surface area contributed by atoms with Gasteiger partial charge >= 0.3 is 87.6 Å². The summed E-state index contributed by atoms with van der Waals surface area (Å²) in [7, 11) is 1.60. The molecule has 1 aromatic carbocycles. The average Bonchev–Trinajstić information content (AvgIpc) is 2.55. The fourth-order valence-corrected chi connectivity index (χ4v) is 3.47. The number of methoxy groups -OCH3 is 1. The summed E-state index contributed by atoms with van der Waals surface area (Å²) < 4.78 is 8.19. The molecule has 0 bridgehead atoms. The van der Waals surface area contributed by atoms with Gasteiger partial charge in [0.2, 0.25) is 0 Å². The number of aromatic nitrogens is 1. The van der Waals surface area contributed by atoms with Crippen LogP contribution in [0, 0.1) is 0 Å². The molecule has 0 unspecified atom stereocenters. The molecular formula is C10H11NO2Se. The van der Waals surface area contributed by atoms with Crippen molar-refractivity contribution in [1.82, 2.24) is 3.56 Å². The zero-order chi connectivity index (χ0) is 10.1. The van der Waals surface area contributed by atoms with E-state index in [4.69, 9.17) is 4.74 Å². The number of benzene rings is 1. The Morgan fingerprint density at radius 2 is 2.29 bits per heavy atom. The molecule has 0 saturated heterocycles. The van der Waals surface area contributed by atoms with Crippen molar-refractivity contribution in [1.29, 1.82) is 0 Å². The number of hydrogen-bond donors (Lipinski definition) is 0. The summed E-state index contributed by atoms with van der Waals surface area (Å²) in [4.78, 5) is 11.9. The number of rotatable bonds is 2. The molecule has 14 heavy (non-hydrogen) atoms. The summed E-state index contributed by atoms with van der Waals surface area (Å²) in [5.41, 5.74) is 0.111. The molecule has 4 heteroatoms. The van der Waals surface area contributed by atoms with Crippen molar-refractivity contribution < 1.29 is 4.74 Å². The van der Waals surface area contributed by atoms with Crippen molar-refractivity contribution in [2.75, 3.05) is 7.11 Å². The van der Waals surface area contributed by atoms with Gasteiger partial charge in [0, 0.05) is 0 Å². The van der Waals surface area contributed by atoms with Gasteiger partial charge in [-0.15, -0.1) is 0 Å². The van der Waals surface area contributed by atoms with Crippen LogP contribution in [-0.4, -0.2) is 25.4 Å². The van der Waals surface area contributed by atoms with Gasteiger partial charge in [0.05, 0.1) is 0 Å². The zero-order valence-electron chi connectivity index (χ0n) is 8.11. The molecule has 1 aromatic heterocycles. The first-order valence-electron chi connectivity index (χ1n) is 4.44. The Balaban J connectivity index is 2.86. The van der Waals surface area contributed by atoms with Crippen LogP contribution in [0.3, 0.4) is 0 Å². The van der Waals surface area contributed by atoms with Gasteiger partial charge in [0.15, 0.2) is 0 Å². The fraction of sp³-hybridized carbons (Fsp3) is 0.300. The first kappa shape index (κ1) is 9.56. The zero-order valence-corrected chi connectivity index (χ0v) is 9.82. The summed E-state index contributed by atoms with van der Waals surface area (Å²) in [6, 6.07) is 5.78. The molecule has 2 rings (SSSR count). The second kappa shape index (κ2) is 3.64. The molecular weight excluding hydrogens is 245 g/mol. The maximum atomic E-state index is 11.9. The summed E-state index contributed by atoms with van der Waals surface area (Å²) in [5.74, 6) is 0.699. The van der Waals surface area contributed by atoms with Crippen molar-refractivity contribution >= 4 is 24.4 Å². The van der Waals surface area contributed by atoms with E-state index in [1.54, 1.807) is 7.11 Å². The second-order valence-electron chi connectivity index (χ2n) is 2.92. The Hall–Kier alpha value is -0.991. The molecule has 74 valence electrons. The topological polar surface area (TPSA) is 31.2 Å². The van der Waals surface area contributed by atoms with Gasteiger partial charge in [-0.3, -0.25) is 0 Å². The van der Waals surface area contributed by atoms with E-state index < -0.39 is 0 Å². The Morgan fingerprint density at radius 1 is 1.50 bits per heavy atom. The minimum absolute atomic E-state index is 0.111. The Kier molecular flexibility index (Phi) is 2.48. The molecule has 0 aliphatic carbocycles. The normalized spacial score (nSPS) is 10.7. The van der Waals surface area contributed by atoms with E-state index in [-0.39, 0.29) is 20.3 Å². The standard InChI is InChI=1S/C10H11NO2Se/c1-3-11-10(12)9-7(13-2)5-4-6-8(9)14-11/h4-6H,3H2,1-2H3. The van der Waals surface area contributed by atoms with Crippen molar-refractivity contribution in [3.63, 3.8) is 0 Å². The molecule has 0 atom stereocenters. The molecule has 0 N–H and O–H groups in total. The summed E-state index contributed by atoms with van der Waals surface area (Å²) >= 11 is 0.135. The van der Waals surface area contributed by atoms with Crippen molar-refractivity contribution in [2.24, 2.45) is 0 Å². The van der Waals surface area contributed by atoms with Gasteiger partial charge in [0.1, 0.15) is 0 Å². The summed E-state index contributed by atoms with van der Waals surface area (Å²) in [6.07, 6.45) is 0. The van der Waals surface area contributed by atoms with Gasteiger partial charge in [-0.25, -0.2) is 0 Å². The first-order chi connectivity index (χ1) is 6.77. The van der Waals surface area contributed by atoms with Crippen molar-refractivity contribution in [2.45, 2.75) is 13.5 Å². The van der Waals surface area contributed by atoms with Gasteiger partial charge in [-0.2, -0.15) is 0 Å². The van der Waals surface area contributed by atoms with E-state index in [2.05, 4.69) is 0 Å². The summed E-state index contributed by atoms with van der Waals surface area (Å²) in [5, 5.41) is 0.761. The third kappa shape index (κ3) is 1.31. The molecule has 0 saturated carbocycles. The van der Waals surface area contributed by atoms with Crippen LogP contribution in [0.1, 0.15) is 6.92 Å². The average molecular weight is 256 g/mol. The van der Waals surface area contributed by atoms with Gasteiger partial charge < -0.3 is 0 Å². The van der Waals surface area contributed by atoms with E-state index >= 15 is 0 Å². The molecule has 0 aliphatic heterocycles. The molecule has 1 heterocycles. The SMILES string of the molecule is CCn1[se]c2cccc(OC)c2c1=O. The molecule has 0 fully saturated rings. The fourth-order valence-electron chi connectivity index (χ4n) is 1.46. The van der Waals surface area contributed by atoms with Crippen LogP contribution in [0.25, 0.3) is 9.65 Å². The number of aryl methyl sites for hydroxylation is 1. The number of fused-ring (bicyclic) bond motifs is 1. The van der Waals surface area contributed by atoms with Gasteiger partial charge in [-0.05, 0) is 0 Å². The maximum absolute atomic E-state index is 11.9. The first-order valence-corrected chi connectivity index (χ1v) is 6.07. The minimum atomic E-state index is 0.111. The molecule has 3 nitrogen and oxygen atoms in total. The van der Waals surface area contributed by atoms with Crippen molar-refractivity contribution in [3.05, 3.63) is 28.6 Å². The van der Waals surface area contributed by atoms with Crippen LogP contribution < -0.4 is 10.3 Å². The number of hydrogen-bond acceptors (Lipinski definition) is 2.